The fraction of sp³-hybridized carbons (Fsp3) is 0.818. The van der Waals surface area contributed by atoms with E-state index in [1.165, 1.54) is 6.92 Å². The number of aliphatic hydroxyl groups is 1. The lowest BCUT2D eigenvalue weighted by Crippen LogP contribution is -2.52. The highest BCUT2D eigenvalue weighted by atomic mass is 16.3. The fourth-order valence-electron chi connectivity index (χ4n) is 2.13. The Kier molecular flexibility index (Phi) is 3.70. The summed E-state index contributed by atoms with van der Waals surface area (Å²) < 4.78 is 0. The van der Waals surface area contributed by atoms with Crippen molar-refractivity contribution in [2.75, 3.05) is 0 Å². The van der Waals surface area contributed by atoms with Crippen molar-refractivity contribution in [3.8, 4) is 6.07 Å². The van der Waals surface area contributed by atoms with Crippen molar-refractivity contribution in [2.24, 2.45) is 5.92 Å². The van der Waals surface area contributed by atoms with E-state index in [1.807, 2.05) is 0 Å². The molecule has 1 saturated carbocycles. The first-order chi connectivity index (χ1) is 6.99. The first-order valence-corrected chi connectivity index (χ1v) is 5.40. The van der Waals surface area contributed by atoms with Crippen molar-refractivity contribution in [1.29, 1.82) is 5.26 Å². The van der Waals surface area contributed by atoms with Gasteiger partial charge in [0.15, 0.2) is 0 Å². The Morgan fingerprint density at radius 2 is 2.40 bits per heavy atom. The zero-order valence-electron chi connectivity index (χ0n) is 9.29. The normalized spacial score (nSPS) is 32.8. The van der Waals surface area contributed by atoms with Crippen LogP contribution in [0.15, 0.2) is 0 Å². The second-order valence-electron chi connectivity index (χ2n) is 4.56. The van der Waals surface area contributed by atoms with E-state index in [2.05, 4.69) is 18.3 Å². The van der Waals surface area contributed by atoms with Gasteiger partial charge >= 0.3 is 0 Å². The minimum atomic E-state index is -1.05. The molecule has 4 nitrogen and oxygen atoms in total. The summed E-state index contributed by atoms with van der Waals surface area (Å²) in [5.74, 6) is -0.00153. The number of nitriles is 1. The molecule has 0 aliphatic heterocycles. The Labute approximate surface area is 90.3 Å². The molecule has 4 heteroatoms. The summed E-state index contributed by atoms with van der Waals surface area (Å²) in [6, 6.07) is 2.19. The van der Waals surface area contributed by atoms with Gasteiger partial charge in [-0.2, -0.15) is 5.26 Å². The maximum atomic E-state index is 11.4. The predicted molar refractivity (Wildman–Crippen MR) is 55.8 cm³/mol. The van der Waals surface area contributed by atoms with Crippen LogP contribution in [0, 0.1) is 17.2 Å². The summed E-state index contributed by atoms with van der Waals surface area (Å²) in [4.78, 5) is 11.4. The number of aliphatic hydroxyl groups excluding tert-OH is 1. The van der Waals surface area contributed by atoms with Crippen LogP contribution in [0.3, 0.4) is 0 Å². The topological polar surface area (TPSA) is 73.1 Å². The van der Waals surface area contributed by atoms with Gasteiger partial charge < -0.3 is 10.4 Å². The molecule has 3 atom stereocenters. The Morgan fingerprint density at radius 1 is 1.73 bits per heavy atom. The third-order valence-electron chi connectivity index (χ3n) is 2.95. The number of carbonyl (C=O) groups is 1. The van der Waals surface area contributed by atoms with Gasteiger partial charge in [0, 0.05) is 0 Å². The number of nitrogens with zero attached hydrogens (tertiary/aromatic N) is 1. The largest absolute Gasteiger partial charge is 0.384 e. The summed E-state index contributed by atoms with van der Waals surface area (Å²) >= 11 is 0. The Bertz CT molecular complexity index is 283. The van der Waals surface area contributed by atoms with E-state index < -0.39 is 17.6 Å². The van der Waals surface area contributed by atoms with E-state index in [9.17, 15) is 4.79 Å². The maximum Gasteiger partial charge on any atom is 0.249 e. The molecule has 1 aliphatic carbocycles. The molecule has 1 amide bonds. The van der Waals surface area contributed by atoms with Crippen molar-refractivity contribution < 1.29 is 9.90 Å². The monoisotopic (exact) mass is 210 g/mol. The SMILES string of the molecule is CC1CCCC(C#N)(NC(=O)C(C)O)C1. The van der Waals surface area contributed by atoms with E-state index in [-0.39, 0.29) is 0 Å². The highest BCUT2D eigenvalue weighted by molar-refractivity contribution is 5.81. The molecule has 1 rings (SSSR count). The standard InChI is InChI=1S/C11H18N2O2/c1-8-4-3-5-11(6-8,7-12)13-10(15)9(2)14/h8-9,14H,3-6H2,1-2H3,(H,13,15). The molecule has 0 aromatic heterocycles. The molecule has 15 heavy (non-hydrogen) atoms. The van der Waals surface area contributed by atoms with E-state index in [0.717, 1.165) is 12.8 Å². The van der Waals surface area contributed by atoms with Crippen LogP contribution in [-0.4, -0.2) is 22.7 Å². The summed E-state index contributed by atoms with van der Waals surface area (Å²) in [6.45, 7) is 3.49. The van der Waals surface area contributed by atoms with E-state index in [1.54, 1.807) is 0 Å². The highest BCUT2D eigenvalue weighted by Crippen LogP contribution is 2.31. The molecule has 0 aromatic rings. The first kappa shape index (κ1) is 12.0. The second kappa shape index (κ2) is 4.63. The summed E-state index contributed by atoms with van der Waals surface area (Å²) in [6.07, 6.45) is 2.38. The average molecular weight is 210 g/mol. The van der Waals surface area contributed by atoms with Crippen molar-refractivity contribution in [2.45, 2.75) is 51.2 Å². The van der Waals surface area contributed by atoms with Crippen LogP contribution in [0.25, 0.3) is 0 Å². The van der Waals surface area contributed by atoms with Crippen LogP contribution in [0.2, 0.25) is 0 Å². The minimum absolute atomic E-state index is 0.452. The lowest BCUT2D eigenvalue weighted by atomic mass is 9.77. The smallest absolute Gasteiger partial charge is 0.249 e. The van der Waals surface area contributed by atoms with Gasteiger partial charge in [-0.05, 0) is 32.1 Å². The molecule has 0 aromatic carbocycles. The molecule has 1 fully saturated rings. The van der Waals surface area contributed by atoms with Crippen LogP contribution in [0.4, 0.5) is 0 Å². The third-order valence-corrected chi connectivity index (χ3v) is 2.95. The Balaban J connectivity index is 2.69. The number of hydrogen-bond donors (Lipinski definition) is 2. The summed E-state index contributed by atoms with van der Waals surface area (Å²) in [5.41, 5.74) is -0.758. The van der Waals surface area contributed by atoms with E-state index >= 15 is 0 Å². The van der Waals surface area contributed by atoms with Gasteiger partial charge in [0.2, 0.25) is 5.91 Å². The Hall–Kier alpha value is -1.08. The molecule has 0 heterocycles. The van der Waals surface area contributed by atoms with Gasteiger partial charge in [0.05, 0.1) is 6.07 Å². The van der Waals surface area contributed by atoms with Crippen LogP contribution < -0.4 is 5.32 Å². The number of rotatable bonds is 2. The van der Waals surface area contributed by atoms with Gasteiger partial charge in [-0.15, -0.1) is 0 Å². The molecule has 1 aliphatic rings. The molecule has 84 valence electrons. The van der Waals surface area contributed by atoms with Gasteiger partial charge in [-0.1, -0.05) is 13.3 Å². The van der Waals surface area contributed by atoms with Crippen LogP contribution in [0.5, 0.6) is 0 Å². The number of carbonyl (C=O) groups excluding carboxylic acids is 1. The van der Waals surface area contributed by atoms with Crippen molar-refractivity contribution in [1.82, 2.24) is 5.32 Å². The number of hydrogen-bond acceptors (Lipinski definition) is 3. The average Bonchev–Trinajstić information content (AvgIpc) is 2.17. The molecular weight excluding hydrogens is 192 g/mol. The van der Waals surface area contributed by atoms with Gasteiger partial charge in [-0.3, -0.25) is 4.79 Å². The maximum absolute atomic E-state index is 11.4. The van der Waals surface area contributed by atoms with Crippen LogP contribution in [-0.2, 0) is 4.79 Å². The number of nitrogens with one attached hydrogen (secondary N) is 1. The second-order valence-corrected chi connectivity index (χ2v) is 4.56. The van der Waals surface area contributed by atoms with Crippen molar-refractivity contribution in [3.63, 3.8) is 0 Å². The zero-order chi connectivity index (χ0) is 11.5. The van der Waals surface area contributed by atoms with Crippen LogP contribution >= 0.6 is 0 Å². The van der Waals surface area contributed by atoms with Crippen molar-refractivity contribution in [3.05, 3.63) is 0 Å². The molecule has 3 unspecified atom stereocenters. The third kappa shape index (κ3) is 2.93. The van der Waals surface area contributed by atoms with Gasteiger partial charge in [0.25, 0.3) is 0 Å². The first-order valence-electron chi connectivity index (χ1n) is 5.40. The molecule has 0 bridgehead atoms. The summed E-state index contributed by atoms with van der Waals surface area (Å²) in [5, 5.41) is 20.9. The van der Waals surface area contributed by atoms with Gasteiger partial charge in [-0.25, -0.2) is 0 Å². The Morgan fingerprint density at radius 3 is 2.87 bits per heavy atom. The highest BCUT2D eigenvalue weighted by Gasteiger charge is 2.37. The minimum Gasteiger partial charge on any atom is -0.384 e. The molecular formula is C11H18N2O2. The fourth-order valence-corrected chi connectivity index (χ4v) is 2.13. The molecule has 2 N–H and O–H groups in total. The lowest BCUT2D eigenvalue weighted by molar-refractivity contribution is -0.130. The van der Waals surface area contributed by atoms with Crippen molar-refractivity contribution >= 4 is 5.91 Å². The quantitative estimate of drug-likeness (QED) is 0.712. The number of amides is 1. The summed E-state index contributed by atoms with van der Waals surface area (Å²) in [7, 11) is 0. The molecule has 0 radical (unpaired) electrons. The molecule has 0 saturated heterocycles. The molecule has 0 spiro atoms. The van der Waals surface area contributed by atoms with Gasteiger partial charge in [0.1, 0.15) is 11.6 Å². The lowest BCUT2D eigenvalue weighted by Gasteiger charge is -2.35. The van der Waals surface area contributed by atoms with E-state index in [0.29, 0.717) is 18.8 Å². The van der Waals surface area contributed by atoms with E-state index in [4.69, 9.17) is 10.4 Å². The predicted octanol–water partition coefficient (Wildman–Crippen LogP) is 0.956. The van der Waals surface area contributed by atoms with Crippen LogP contribution in [0.1, 0.15) is 39.5 Å². The zero-order valence-corrected chi connectivity index (χ0v) is 9.29.